The SMILES string of the molecule is CCCNCCC(=O)NCCN(C)C. The molecular weight excluding hydrogens is 178 g/mol. The number of hydrogen-bond donors (Lipinski definition) is 2. The largest absolute Gasteiger partial charge is 0.355 e. The number of rotatable bonds is 8. The summed E-state index contributed by atoms with van der Waals surface area (Å²) in [4.78, 5) is 13.3. The van der Waals surface area contributed by atoms with Crippen molar-refractivity contribution in [2.24, 2.45) is 0 Å². The van der Waals surface area contributed by atoms with E-state index in [2.05, 4.69) is 22.5 Å². The summed E-state index contributed by atoms with van der Waals surface area (Å²) in [6, 6.07) is 0. The minimum absolute atomic E-state index is 0.135. The molecule has 0 saturated heterocycles. The van der Waals surface area contributed by atoms with Gasteiger partial charge in [-0.3, -0.25) is 4.79 Å². The highest BCUT2D eigenvalue weighted by atomic mass is 16.1. The molecule has 0 spiro atoms. The third-order valence-corrected chi connectivity index (χ3v) is 1.84. The molecule has 0 fully saturated rings. The molecule has 4 heteroatoms. The highest BCUT2D eigenvalue weighted by Gasteiger charge is 1.99. The van der Waals surface area contributed by atoms with E-state index in [1.807, 2.05) is 14.1 Å². The summed E-state index contributed by atoms with van der Waals surface area (Å²) in [5, 5.41) is 6.06. The van der Waals surface area contributed by atoms with E-state index in [0.717, 1.165) is 32.6 Å². The Morgan fingerprint density at radius 2 is 1.93 bits per heavy atom. The lowest BCUT2D eigenvalue weighted by Gasteiger charge is -2.10. The van der Waals surface area contributed by atoms with Gasteiger partial charge in [0.1, 0.15) is 0 Å². The molecule has 0 rings (SSSR count). The highest BCUT2D eigenvalue weighted by Crippen LogP contribution is 1.79. The Bertz CT molecular complexity index is 148. The van der Waals surface area contributed by atoms with Gasteiger partial charge in [0, 0.05) is 26.1 Å². The zero-order valence-corrected chi connectivity index (χ0v) is 9.60. The van der Waals surface area contributed by atoms with Gasteiger partial charge in [0.25, 0.3) is 0 Å². The van der Waals surface area contributed by atoms with Crippen LogP contribution in [0.2, 0.25) is 0 Å². The van der Waals surface area contributed by atoms with Gasteiger partial charge in [0.05, 0.1) is 0 Å². The molecule has 0 radical (unpaired) electrons. The minimum Gasteiger partial charge on any atom is -0.355 e. The van der Waals surface area contributed by atoms with Crippen LogP contribution in [-0.2, 0) is 4.79 Å². The first-order valence-electron chi connectivity index (χ1n) is 5.29. The van der Waals surface area contributed by atoms with E-state index in [0.29, 0.717) is 6.42 Å². The van der Waals surface area contributed by atoms with Gasteiger partial charge in [0.2, 0.25) is 5.91 Å². The standard InChI is InChI=1S/C10H23N3O/c1-4-6-11-7-5-10(14)12-8-9-13(2)3/h11H,4-9H2,1-3H3,(H,12,14). The highest BCUT2D eigenvalue weighted by molar-refractivity contribution is 5.76. The average molecular weight is 201 g/mol. The maximum atomic E-state index is 11.2. The maximum Gasteiger partial charge on any atom is 0.221 e. The lowest BCUT2D eigenvalue weighted by molar-refractivity contribution is -0.121. The van der Waals surface area contributed by atoms with Gasteiger partial charge in [-0.25, -0.2) is 0 Å². The van der Waals surface area contributed by atoms with Gasteiger partial charge >= 0.3 is 0 Å². The number of nitrogens with one attached hydrogen (secondary N) is 2. The maximum absolute atomic E-state index is 11.2. The Morgan fingerprint density at radius 3 is 2.50 bits per heavy atom. The number of hydrogen-bond acceptors (Lipinski definition) is 3. The molecule has 0 heterocycles. The van der Waals surface area contributed by atoms with Crippen LogP contribution < -0.4 is 10.6 Å². The van der Waals surface area contributed by atoms with E-state index < -0.39 is 0 Å². The molecule has 0 aliphatic carbocycles. The van der Waals surface area contributed by atoms with Crippen molar-refractivity contribution in [3.8, 4) is 0 Å². The average Bonchev–Trinajstić information content (AvgIpc) is 2.12. The summed E-state index contributed by atoms with van der Waals surface area (Å²) in [6.07, 6.45) is 1.69. The fourth-order valence-electron chi connectivity index (χ4n) is 1.01. The van der Waals surface area contributed by atoms with E-state index in [4.69, 9.17) is 0 Å². The van der Waals surface area contributed by atoms with Crippen LogP contribution in [0.25, 0.3) is 0 Å². The lowest BCUT2D eigenvalue weighted by atomic mass is 10.3. The molecule has 0 aromatic carbocycles. The first kappa shape index (κ1) is 13.4. The summed E-state index contributed by atoms with van der Waals surface area (Å²) in [5.41, 5.74) is 0. The molecule has 0 unspecified atom stereocenters. The normalized spacial score (nSPS) is 10.6. The van der Waals surface area contributed by atoms with Crippen LogP contribution in [0, 0.1) is 0 Å². The van der Waals surface area contributed by atoms with Gasteiger partial charge in [-0.2, -0.15) is 0 Å². The molecule has 14 heavy (non-hydrogen) atoms. The zero-order valence-electron chi connectivity index (χ0n) is 9.60. The summed E-state index contributed by atoms with van der Waals surface area (Å²) in [7, 11) is 3.99. The van der Waals surface area contributed by atoms with Crippen molar-refractivity contribution in [1.29, 1.82) is 0 Å². The van der Waals surface area contributed by atoms with Crippen LogP contribution in [0.5, 0.6) is 0 Å². The Balaban J connectivity index is 3.20. The molecule has 0 aromatic rings. The van der Waals surface area contributed by atoms with E-state index in [-0.39, 0.29) is 5.91 Å². The molecule has 2 N–H and O–H groups in total. The Morgan fingerprint density at radius 1 is 1.21 bits per heavy atom. The summed E-state index contributed by atoms with van der Waals surface area (Å²) < 4.78 is 0. The van der Waals surface area contributed by atoms with Crippen molar-refractivity contribution in [1.82, 2.24) is 15.5 Å². The molecule has 84 valence electrons. The van der Waals surface area contributed by atoms with Crippen LogP contribution in [0.15, 0.2) is 0 Å². The number of carbonyl (C=O) groups is 1. The first-order valence-corrected chi connectivity index (χ1v) is 5.29. The molecule has 0 aromatic heterocycles. The molecule has 0 atom stereocenters. The molecule has 0 aliphatic rings. The smallest absolute Gasteiger partial charge is 0.221 e. The van der Waals surface area contributed by atoms with Crippen molar-refractivity contribution in [3.63, 3.8) is 0 Å². The third kappa shape index (κ3) is 9.48. The van der Waals surface area contributed by atoms with Crippen LogP contribution in [0.4, 0.5) is 0 Å². The Hall–Kier alpha value is -0.610. The lowest BCUT2D eigenvalue weighted by Crippen LogP contribution is -2.33. The molecule has 1 amide bonds. The second-order valence-electron chi connectivity index (χ2n) is 3.65. The van der Waals surface area contributed by atoms with Crippen molar-refractivity contribution in [2.45, 2.75) is 19.8 Å². The minimum atomic E-state index is 0.135. The number of amides is 1. The van der Waals surface area contributed by atoms with Gasteiger partial charge in [-0.05, 0) is 27.1 Å². The van der Waals surface area contributed by atoms with E-state index >= 15 is 0 Å². The van der Waals surface area contributed by atoms with Crippen molar-refractivity contribution in [3.05, 3.63) is 0 Å². The van der Waals surface area contributed by atoms with Crippen LogP contribution in [0.1, 0.15) is 19.8 Å². The van der Waals surface area contributed by atoms with E-state index in [9.17, 15) is 4.79 Å². The fraction of sp³-hybridized carbons (Fsp3) is 0.900. The molecule has 4 nitrogen and oxygen atoms in total. The van der Waals surface area contributed by atoms with Gasteiger partial charge in [-0.1, -0.05) is 6.92 Å². The molecule has 0 bridgehead atoms. The first-order chi connectivity index (χ1) is 6.66. The second kappa shape index (κ2) is 8.97. The van der Waals surface area contributed by atoms with Crippen LogP contribution >= 0.6 is 0 Å². The molecular formula is C10H23N3O. The van der Waals surface area contributed by atoms with Crippen LogP contribution in [-0.4, -0.2) is 51.1 Å². The van der Waals surface area contributed by atoms with Crippen molar-refractivity contribution < 1.29 is 4.79 Å². The Kier molecular flexibility index (Phi) is 8.57. The predicted octanol–water partition coefficient (Wildman–Crippen LogP) is 0.0539. The fourth-order valence-corrected chi connectivity index (χ4v) is 1.01. The van der Waals surface area contributed by atoms with E-state index in [1.165, 1.54) is 0 Å². The van der Waals surface area contributed by atoms with Gasteiger partial charge in [-0.15, -0.1) is 0 Å². The topological polar surface area (TPSA) is 44.4 Å². The van der Waals surface area contributed by atoms with E-state index in [1.54, 1.807) is 0 Å². The summed E-state index contributed by atoms with van der Waals surface area (Å²) >= 11 is 0. The predicted molar refractivity (Wildman–Crippen MR) is 59.3 cm³/mol. The zero-order chi connectivity index (χ0) is 10.8. The van der Waals surface area contributed by atoms with Gasteiger partial charge < -0.3 is 15.5 Å². The van der Waals surface area contributed by atoms with Crippen molar-refractivity contribution in [2.75, 3.05) is 40.3 Å². The van der Waals surface area contributed by atoms with Crippen molar-refractivity contribution >= 4 is 5.91 Å². The number of likely N-dealkylation sites (N-methyl/N-ethyl adjacent to an activating group) is 1. The monoisotopic (exact) mass is 201 g/mol. The summed E-state index contributed by atoms with van der Waals surface area (Å²) in [6.45, 7) is 5.52. The quantitative estimate of drug-likeness (QED) is 0.546. The third-order valence-electron chi connectivity index (χ3n) is 1.84. The summed E-state index contributed by atoms with van der Waals surface area (Å²) in [5.74, 6) is 0.135. The second-order valence-corrected chi connectivity index (χ2v) is 3.65. The van der Waals surface area contributed by atoms with Gasteiger partial charge in [0.15, 0.2) is 0 Å². The van der Waals surface area contributed by atoms with Crippen LogP contribution in [0.3, 0.4) is 0 Å². The number of nitrogens with zero attached hydrogens (tertiary/aromatic N) is 1. The number of carbonyl (C=O) groups excluding carboxylic acids is 1. The molecule has 0 aliphatic heterocycles. The molecule has 0 saturated carbocycles. The Labute approximate surface area is 87.0 Å².